The van der Waals surface area contributed by atoms with Gasteiger partial charge in [0.05, 0.1) is 5.92 Å². The molecule has 0 saturated carbocycles. The second-order valence-corrected chi connectivity index (χ2v) is 4.33. The van der Waals surface area contributed by atoms with Crippen LogP contribution >= 0.6 is 0 Å². The van der Waals surface area contributed by atoms with Crippen molar-refractivity contribution in [2.75, 3.05) is 20.1 Å². The summed E-state index contributed by atoms with van der Waals surface area (Å²) in [5, 5.41) is 0. The summed E-state index contributed by atoms with van der Waals surface area (Å²) in [6.07, 6.45) is 1.92. The van der Waals surface area contributed by atoms with Crippen LogP contribution in [0.2, 0.25) is 0 Å². The molecular weight excluding hydrogens is 176 g/mol. The third-order valence-corrected chi connectivity index (χ3v) is 2.29. The van der Waals surface area contributed by atoms with Gasteiger partial charge in [-0.3, -0.25) is 4.79 Å². The van der Waals surface area contributed by atoms with Crippen molar-refractivity contribution in [3.8, 4) is 0 Å². The van der Waals surface area contributed by atoms with Crippen LogP contribution in [0, 0.1) is 11.8 Å². The van der Waals surface area contributed by atoms with E-state index in [1.807, 2.05) is 7.05 Å². The summed E-state index contributed by atoms with van der Waals surface area (Å²) in [4.78, 5) is 13.6. The van der Waals surface area contributed by atoms with Crippen LogP contribution in [0.1, 0.15) is 33.6 Å². The standard InChI is InChI=1S/C11H24N2O/c1-5-6-10(7-12)11(14)13(4)8-9(2)3/h9-10H,5-8,12H2,1-4H3. The molecule has 2 N–H and O–H groups in total. The highest BCUT2D eigenvalue weighted by atomic mass is 16.2. The van der Waals surface area contributed by atoms with Crippen LogP contribution in [0.4, 0.5) is 0 Å². The van der Waals surface area contributed by atoms with Gasteiger partial charge in [0.2, 0.25) is 5.91 Å². The zero-order valence-corrected chi connectivity index (χ0v) is 9.92. The van der Waals surface area contributed by atoms with Crippen molar-refractivity contribution in [2.45, 2.75) is 33.6 Å². The Bertz CT molecular complexity index is 169. The summed E-state index contributed by atoms with van der Waals surface area (Å²) in [5.74, 6) is 0.732. The zero-order valence-electron chi connectivity index (χ0n) is 9.92. The first-order valence-corrected chi connectivity index (χ1v) is 5.47. The molecule has 3 nitrogen and oxygen atoms in total. The average molecular weight is 200 g/mol. The highest BCUT2D eigenvalue weighted by Gasteiger charge is 2.19. The molecule has 1 amide bonds. The van der Waals surface area contributed by atoms with E-state index in [0.717, 1.165) is 19.4 Å². The van der Waals surface area contributed by atoms with Crippen LogP contribution in [0.15, 0.2) is 0 Å². The summed E-state index contributed by atoms with van der Waals surface area (Å²) < 4.78 is 0. The third kappa shape index (κ3) is 4.61. The van der Waals surface area contributed by atoms with Gasteiger partial charge in [0, 0.05) is 20.1 Å². The quantitative estimate of drug-likeness (QED) is 0.706. The largest absolute Gasteiger partial charge is 0.345 e. The number of carbonyl (C=O) groups is 1. The minimum absolute atomic E-state index is 0.0174. The number of hydrogen-bond acceptors (Lipinski definition) is 2. The Labute approximate surface area is 87.6 Å². The van der Waals surface area contributed by atoms with Crippen LogP contribution in [-0.2, 0) is 4.79 Å². The normalized spacial score (nSPS) is 13.0. The molecule has 14 heavy (non-hydrogen) atoms. The van der Waals surface area contributed by atoms with Gasteiger partial charge in [-0.05, 0) is 12.3 Å². The molecule has 3 heteroatoms. The number of carbonyl (C=O) groups excluding carboxylic acids is 1. The summed E-state index contributed by atoms with van der Waals surface area (Å²) in [6.45, 7) is 7.59. The molecule has 0 radical (unpaired) electrons. The van der Waals surface area contributed by atoms with E-state index in [1.165, 1.54) is 0 Å². The maximum atomic E-state index is 11.8. The lowest BCUT2D eigenvalue weighted by molar-refractivity contribution is -0.134. The smallest absolute Gasteiger partial charge is 0.226 e. The molecule has 0 rings (SSSR count). The predicted molar refractivity (Wildman–Crippen MR) is 59.9 cm³/mol. The Hall–Kier alpha value is -0.570. The van der Waals surface area contributed by atoms with E-state index >= 15 is 0 Å². The molecule has 0 aromatic rings. The van der Waals surface area contributed by atoms with Gasteiger partial charge < -0.3 is 10.6 Å². The molecule has 0 spiro atoms. The molecule has 1 atom stereocenters. The lowest BCUT2D eigenvalue weighted by atomic mass is 10.0. The fourth-order valence-corrected chi connectivity index (χ4v) is 1.64. The van der Waals surface area contributed by atoms with Crippen LogP contribution in [-0.4, -0.2) is 30.9 Å². The third-order valence-electron chi connectivity index (χ3n) is 2.29. The van der Waals surface area contributed by atoms with Crippen molar-refractivity contribution in [3.05, 3.63) is 0 Å². The van der Waals surface area contributed by atoms with Crippen molar-refractivity contribution in [1.82, 2.24) is 4.90 Å². The first kappa shape index (κ1) is 13.4. The fourth-order valence-electron chi connectivity index (χ4n) is 1.64. The maximum Gasteiger partial charge on any atom is 0.226 e. The Kier molecular flexibility index (Phi) is 6.54. The maximum absolute atomic E-state index is 11.8. The van der Waals surface area contributed by atoms with Gasteiger partial charge in [0.25, 0.3) is 0 Å². The van der Waals surface area contributed by atoms with Gasteiger partial charge in [0.1, 0.15) is 0 Å². The second kappa shape index (κ2) is 6.82. The monoisotopic (exact) mass is 200 g/mol. The average Bonchev–Trinajstić information content (AvgIpc) is 2.12. The molecule has 0 heterocycles. The van der Waals surface area contributed by atoms with Gasteiger partial charge in [0.15, 0.2) is 0 Å². The minimum Gasteiger partial charge on any atom is -0.345 e. The summed E-state index contributed by atoms with van der Waals surface area (Å²) in [6, 6.07) is 0. The Morgan fingerprint density at radius 2 is 2.00 bits per heavy atom. The van der Waals surface area contributed by atoms with Crippen molar-refractivity contribution >= 4 is 5.91 Å². The van der Waals surface area contributed by atoms with Crippen molar-refractivity contribution in [3.63, 3.8) is 0 Å². The van der Waals surface area contributed by atoms with E-state index in [-0.39, 0.29) is 11.8 Å². The summed E-state index contributed by atoms with van der Waals surface area (Å²) >= 11 is 0. The lowest BCUT2D eigenvalue weighted by Gasteiger charge is -2.24. The molecular formula is C11H24N2O. The van der Waals surface area contributed by atoms with E-state index in [0.29, 0.717) is 12.5 Å². The molecule has 0 aliphatic heterocycles. The summed E-state index contributed by atoms with van der Waals surface area (Å²) in [7, 11) is 1.86. The molecule has 0 fully saturated rings. The first-order chi connectivity index (χ1) is 6.52. The highest BCUT2D eigenvalue weighted by molar-refractivity contribution is 5.78. The predicted octanol–water partition coefficient (Wildman–Crippen LogP) is 1.48. The first-order valence-electron chi connectivity index (χ1n) is 5.47. The Morgan fingerprint density at radius 1 is 1.43 bits per heavy atom. The SMILES string of the molecule is CCCC(CN)C(=O)N(C)CC(C)C. The minimum atomic E-state index is 0.0174. The van der Waals surface area contributed by atoms with Crippen LogP contribution in [0.5, 0.6) is 0 Å². The molecule has 0 bridgehead atoms. The number of rotatable bonds is 6. The van der Waals surface area contributed by atoms with E-state index in [1.54, 1.807) is 4.90 Å². The van der Waals surface area contributed by atoms with E-state index < -0.39 is 0 Å². The highest BCUT2D eigenvalue weighted by Crippen LogP contribution is 2.09. The summed E-state index contributed by atoms with van der Waals surface area (Å²) in [5.41, 5.74) is 5.58. The molecule has 0 saturated heterocycles. The van der Waals surface area contributed by atoms with Crippen LogP contribution < -0.4 is 5.73 Å². The number of nitrogens with two attached hydrogens (primary N) is 1. The van der Waals surface area contributed by atoms with Gasteiger partial charge >= 0.3 is 0 Å². The second-order valence-electron chi connectivity index (χ2n) is 4.33. The van der Waals surface area contributed by atoms with Crippen molar-refractivity contribution in [2.24, 2.45) is 17.6 Å². The van der Waals surface area contributed by atoms with Crippen LogP contribution in [0.3, 0.4) is 0 Å². The number of nitrogens with zero attached hydrogens (tertiary/aromatic N) is 1. The molecule has 1 unspecified atom stereocenters. The molecule has 0 aromatic carbocycles. The lowest BCUT2D eigenvalue weighted by Crippen LogP contribution is -2.38. The van der Waals surface area contributed by atoms with Gasteiger partial charge in [-0.1, -0.05) is 27.2 Å². The van der Waals surface area contributed by atoms with Gasteiger partial charge in [-0.25, -0.2) is 0 Å². The number of amides is 1. The number of hydrogen-bond donors (Lipinski definition) is 1. The topological polar surface area (TPSA) is 46.3 Å². The molecule has 0 aliphatic carbocycles. The molecule has 0 aromatic heterocycles. The van der Waals surface area contributed by atoms with E-state index in [2.05, 4.69) is 20.8 Å². The molecule has 0 aliphatic rings. The Balaban J connectivity index is 4.12. The van der Waals surface area contributed by atoms with E-state index in [9.17, 15) is 4.79 Å². The molecule has 84 valence electrons. The van der Waals surface area contributed by atoms with E-state index in [4.69, 9.17) is 5.73 Å². The van der Waals surface area contributed by atoms with Gasteiger partial charge in [-0.2, -0.15) is 0 Å². The van der Waals surface area contributed by atoms with Crippen molar-refractivity contribution in [1.29, 1.82) is 0 Å². The zero-order chi connectivity index (χ0) is 11.1. The van der Waals surface area contributed by atoms with Crippen LogP contribution in [0.25, 0.3) is 0 Å². The van der Waals surface area contributed by atoms with Crippen molar-refractivity contribution < 1.29 is 4.79 Å². The fraction of sp³-hybridized carbons (Fsp3) is 0.909. The Morgan fingerprint density at radius 3 is 2.36 bits per heavy atom. The van der Waals surface area contributed by atoms with Gasteiger partial charge in [-0.15, -0.1) is 0 Å².